The van der Waals surface area contributed by atoms with Gasteiger partial charge in [-0.2, -0.15) is 0 Å². The molecule has 0 bridgehead atoms. The molecule has 0 unspecified atom stereocenters. The predicted molar refractivity (Wildman–Crippen MR) is 114 cm³/mol. The normalized spacial score (nSPS) is 16.1. The van der Waals surface area contributed by atoms with Crippen LogP contribution in [0.4, 0.5) is 0 Å². The number of H-pyrrole nitrogens is 1. The quantitative estimate of drug-likeness (QED) is 0.493. The summed E-state index contributed by atoms with van der Waals surface area (Å²) >= 11 is 0. The minimum atomic E-state index is -0.278. The smallest absolute Gasteiger partial charge is 0.274 e. The first-order valence-electron chi connectivity index (χ1n) is 10.0. The van der Waals surface area contributed by atoms with E-state index in [2.05, 4.69) is 33.2 Å². The second-order valence-electron chi connectivity index (χ2n) is 7.56. The lowest BCUT2D eigenvalue weighted by Crippen LogP contribution is -2.41. The van der Waals surface area contributed by atoms with Crippen molar-refractivity contribution in [3.05, 3.63) is 102 Å². The number of benzene rings is 1. The number of aromatic nitrogens is 4. The molecule has 6 nitrogen and oxygen atoms in total. The topological polar surface area (TPSA) is 66.3 Å². The third-order valence-corrected chi connectivity index (χ3v) is 5.85. The number of carbonyl (C=O) groups excluding carboxylic acids is 1. The fraction of sp³-hybridized carbons (Fsp3) is 0.125. The Labute approximate surface area is 172 Å². The molecule has 146 valence electrons. The van der Waals surface area contributed by atoms with E-state index in [-0.39, 0.29) is 11.9 Å². The molecule has 0 spiro atoms. The molecular weight excluding hydrogens is 374 g/mol. The molecule has 1 aromatic carbocycles. The summed E-state index contributed by atoms with van der Waals surface area (Å²) in [6.45, 7) is 0.614. The molecule has 5 heterocycles. The van der Waals surface area contributed by atoms with Crippen LogP contribution in [0.2, 0.25) is 0 Å². The highest BCUT2D eigenvalue weighted by Crippen LogP contribution is 2.38. The molecule has 6 heteroatoms. The third kappa shape index (κ3) is 2.54. The Balaban J connectivity index is 1.50. The molecule has 1 amide bonds. The first-order valence-corrected chi connectivity index (χ1v) is 10.0. The van der Waals surface area contributed by atoms with Crippen molar-refractivity contribution in [2.24, 2.45) is 0 Å². The van der Waals surface area contributed by atoms with Crippen molar-refractivity contribution in [1.82, 2.24) is 24.3 Å². The van der Waals surface area contributed by atoms with Gasteiger partial charge in [-0.1, -0.05) is 30.3 Å². The van der Waals surface area contributed by atoms with E-state index in [0.717, 1.165) is 29.0 Å². The maximum atomic E-state index is 13.6. The first kappa shape index (κ1) is 17.0. The number of nitrogens with zero attached hydrogens (tertiary/aromatic N) is 4. The number of hydrogen-bond acceptors (Lipinski definition) is 3. The van der Waals surface area contributed by atoms with Gasteiger partial charge in [0.1, 0.15) is 17.4 Å². The molecule has 1 atom stereocenters. The minimum absolute atomic E-state index is 0.0846. The Kier molecular flexibility index (Phi) is 3.71. The zero-order valence-electron chi connectivity index (χ0n) is 16.2. The molecule has 5 aromatic rings. The summed E-state index contributed by atoms with van der Waals surface area (Å²) in [4.78, 5) is 28.2. The Bertz CT molecular complexity index is 1350. The third-order valence-electron chi connectivity index (χ3n) is 5.85. The summed E-state index contributed by atoms with van der Waals surface area (Å²) in [5.74, 6) is -0.0846. The molecule has 0 saturated carbocycles. The van der Waals surface area contributed by atoms with Gasteiger partial charge in [0.25, 0.3) is 5.91 Å². The lowest BCUT2D eigenvalue weighted by Gasteiger charge is -2.35. The van der Waals surface area contributed by atoms with Gasteiger partial charge in [0.15, 0.2) is 0 Å². The van der Waals surface area contributed by atoms with Crippen LogP contribution in [0.5, 0.6) is 0 Å². The number of imidazole rings is 1. The summed E-state index contributed by atoms with van der Waals surface area (Å²) in [5.41, 5.74) is 5.45. The molecule has 30 heavy (non-hydrogen) atoms. The standard InChI is InChI=1S/C24H19N5O/c30-24(20-15-28-13-6-4-10-21(28)26-20)29-14-11-17-16-7-1-2-8-18(16)27-22(17)23(29)19-9-3-5-12-25-19/h1-10,12-13,15,23,27H,11,14H2/t23-/m1/s1. The van der Waals surface area contributed by atoms with Crippen molar-refractivity contribution in [2.45, 2.75) is 12.5 Å². The molecule has 0 saturated heterocycles. The molecule has 0 radical (unpaired) electrons. The summed E-state index contributed by atoms with van der Waals surface area (Å²) in [6, 6.07) is 19.6. The highest BCUT2D eigenvalue weighted by atomic mass is 16.2. The maximum Gasteiger partial charge on any atom is 0.274 e. The van der Waals surface area contributed by atoms with Crippen LogP contribution >= 0.6 is 0 Å². The number of nitrogens with one attached hydrogen (secondary N) is 1. The van der Waals surface area contributed by atoms with Crippen LogP contribution in [-0.2, 0) is 6.42 Å². The lowest BCUT2D eigenvalue weighted by molar-refractivity contribution is 0.0683. The Morgan fingerprint density at radius 3 is 2.77 bits per heavy atom. The fourth-order valence-electron chi connectivity index (χ4n) is 4.49. The van der Waals surface area contributed by atoms with E-state index >= 15 is 0 Å². The van der Waals surface area contributed by atoms with Gasteiger partial charge in [0.05, 0.1) is 5.69 Å². The maximum absolute atomic E-state index is 13.6. The zero-order chi connectivity index (χ0) is 20.1. The summed E-state index contributed by atoms with van der Waals surface area (Å²) in [6.07, 6.45) is 6.27. The molecule has 0 aliphatic carbocycles. The van der Waals surface area contributed by atoms with Crippen molar-refractivity contribution in [1.29, 1.82) is 0 Å². The van der Waals surface area contributed by atoms with Gasteiger partial charge in [0.2, 0.25) is 0 Å². The van der Waals surface area contributed by atoms with Gasteiger partial charge in [-0.25, -0.2) is 4.98 Å². The molecule has 6 rings (SSSR count). The molecule has 1 N–H and O–H groups in total. The Hall–Kier alpha value is -3.93. The summed E-state index contributed by atoms with van der Waals surface area (Å²) < 4.78 is 1.88. The molecular formula is C24H19N5O. The van der Waals surface area contributed by atoms with E-state index in [1.165, 1.54) is 10.9 Å². The van der Waals surface area contributed by atoms with Crippen LogP contribution in [0.3, 0.4) is 0 Å². The molecule has 1 aliphatic rings. The Morgan fingerprint density at radius 1 is 1.03 bits per heavy atom. The van der Waals surface area contributed by atoms with E-state index < -0.39 is 0 Å². The van der Waals surface area contributed by atoms with Crippen LogP contribution in [0.25, 0.3) is 16.6 Å². The first-order chi connectivity index (χ1) is 14.8. The summed E-state index contributed by atoms with van der Waals surface area (Å²) in [7, 11) is 0. The van der Waals surface area contributed by atoms with Crippen LogP contribution in [0.15, 0.2) is 79.3 Å². The number of hydrogen-bond donors (Lipinski definition) is 1. The number of amides is 1. The lowest BCUT2D eigenvalue weighted by atomic mass is 9.94. The molecule has 0 fully saturated rings. The van der Waals surface area contributed by atoms with E-state index in [1.54, 1.807) is 12.4 Å². The Morgan fingerprint density at radius 2 is 1.90 bits per heavy atom. The van der Waals surface area contributed by atoms with Crippen LogP contribution in [0.1, 0.15) is 33.5 Å². The van der Waals surface area contributed by atoms with E-state index in [0.29, 0.717) is 12.2 Å². The second-order valence-corrected chi connectivity index (χ2v) is 7.56. The van der Waals surface area contributed by atoms with Crippen molar-refractivity contribution < 1.29 is 4.79 Å². The van der Waals surface area contributed by atoms with Gasteiger partial charge in [-0.05, 0) is 42.3 Å². The van der Waals surface area contributed by atoms with E-state index in [4.69, 9.17) is 0 Å². The van der Waals surface area contributed by atoms with Crippen molar-refractivity contribution >= 4 is 22.5 Å². The minimum Gasteiger partial charge on any atom is -0.356 e. The number of aromatic amines is 1. The van der Waals surface area contributed by atoms with Crippen LogP contribution in [-0.4, -0.2) is 36.7 Å². The average molecular weight is 393 g/mol. The second kappa shape index (κ2) is 6.56. The number of carbonyl (C=O) groups is 1. The zero-order valence-corrected chi connectivity index (χ0v) is 16.2. The van der Waals surface area contributed by atoms with Gasteiger partial charge >= 0.3 is 0 Å². The fourth-order valence-corrected chi connectivity index (χ4v) is 4.49. The van der Waals surface area contributed by atoms with E-state index in [1.807, 2.05) is 58.0 Å². The SMILES string of the molecule is O=C(c1cn2ccccc2n1)N1CCc2c([nH]c3ccccc23)[C@H]1c1ccccn1. The van der Waals surface area contributed by atoms with Gasteiger partial charge in [-0.15, -0.1) is 0 Å². The van der Waals surface area contributed by atoms with Crippen LogP contribution < -0.4 is 0 Å². The highest BCUT2D eigenvalue weighted by Gasteiger charge is 2.36. The van der Waals surface area contributed by atoms with Crippen molar-refractivity contribution in [2.75, 3.05) is 6.54 Å². The summed E-state index contributed by atoms with van der Waals surface area (Å²) in [5, 5.41) is 1.22. The van der Waals surface area contributed by atoms with Crippen molar-refractivity contribution in [3.63, 3.8) is 0 Å². The average Bonchev–Trinajstić information content (AvgIpc) is 3.40. The van der Waals surface area contributed by atoms with Gasteiger partial charge in [-0.3, -0.25) is 9.78 Å². The van der Waals surface area contributed by atoms with Crippen LogP contribution in [0, 0.1) is 0 Å². The van der Waals surface area contributed by atoms with Crippen molar-refractivity contribution in [3.8, 4) is 0 Å². The number of rotatable bonds is 2. The monoisotopic (exact) mass is 393 g/mol. The van der Waals surface area contributed by atoms with Gasteiger partial charge < -0.3 is 14.3 Å². The number of pyridine rings is 2. The highest BCUT2D eigenvalue weighted by molar-refractivity contribution is 5.94. The largest absolute Gasteiger partial charge is 0.356 e. The predicted octanol–water partition coefficient (Wildman–Crippen LogP) is 4.00. The van der Waals surface area contributed by atoms with E-state index in [9.17, 15) is 4.79 Å². The number of fused-ring (bicyclic) bond motifs is 4. The van der Waals surface area contributed by atoms with Gasteiger partial charge in [0, 0.05) is 41.7 Å². The molecule has 1 aliphatic heterocycles. The number of para-hydroxylation sites is 1. The molecule has 4 aromatic heterocycles.